The van der Waals surface area contributed by atoms with E-state index < -0.39 is 33.9 Å². The Bertz CT molecular complexity index is 1620. The van der Waals surface area contributed by atoms with E-state index in [0.29, 0.717) is 27.6 Å². The van der Waals surface area contributed by atoms with Crippen molar-refractivity contribution < 1.29 is 29.0 Å². The maximum Gasteiger partial charge on any atom is 0.338 e. The van der Waals surface area contributed by atoms with Gasteiger partial charge in [0.2, 0.25) is 5.75 Å². The third-order valence-corrected chi connectivity index (χ3v) is 6.75. The molecule has 0 saturated carbocycles. The number of aromatic nitrogens is 1. The zero-order valence-corrected chi connectivity index (χ0v) is 21.2. The van der Waals surface area contributed by atoms with E-state index in [4.69, 9.17) is 14.2 Å². The summed E-state index contributed by atoms with van der Waals surface area (Å²) in [5.74, 6) is -0.299. The molecule has 1 aliphatic heterocycles. The van der Waals surface area contributed by atoms with Crippen molar-refractivity contribution in [3.8, 4) is 17.2 Å². The van der Waals surface area contributed by atoms with E-state index in [9.17, 15) is 24.8 Å². The van der Waals surface area contributed by atoms with Crippen LogP contribution in [0.15, 0.2) is 57.5 Å². The molecule has 2 heterocycles. The number of aromatic hydroxyl groups is 1. The number of phenols is 1. The predicted molar refractivity (Wildman–Crippen MR) is 135 cm³/mol. The van der Waals surface area contributed by atoms with Crippen molar-refractivity contribution in [3.05, 3.63) is 88.6 Å². The maximum atomic E-state index is 13.7. The number of nitro benzene ring substituents is 1. The second-order valence-electron chi connectivity index (χ2n) is 7.89. The van der Waals surface area contributed by atoms with E-state index in [1.54, 1.807) is 32.0 Å². The number of para-hydroxylation sites is 1. The molecule has 1 atom stereocenters. The van der Waals surface area contributed by atoms with Crippen LogP contribution in [0.5, 0.6) is 17.2 Å². The number of allylic oxidation sites excluding steroid dienone is 1. The minimum absolute atomic E-state index is 0.100. The third-order valence-electron chi connectivity index (χ3n) is 5.77. The summed E-state index contributed by atoms with van der Waals surface area (Å²) < 4.78 is 17.6. The number of thiazole rings is 1. The molecule has 11 nitrogen and oxygen atoms in total. The normalized spacial score (nSPS) is 15.1. The summed E-state index contributed by atoms with van der Waals surface area (Å²) in [4.78, 5) is 42.0. The fraction of sp³-hybridized carbons (Fsp3) is 0.240. The number of hydrogen-bond donors (Lipinski definition) is 1. The summed E-state index contributed by atoms with van der Waals surface area (Å²) in [6, 6.07) is 8.20. The lowest BCUT2D eigenvalue weighted by molar-refractivity contribution is -0.385. The van der Waals surface area contributed by atoms with E-state index in [2.05, 4.69) is 4.99 Å². The van der Waals surface area contributed by atoms with Gasteiger partial charge in [-0.1, -0.05) is 29.5 Å². The van der Waals surface area contributed by atoms with Gasteiger partial charge in [0, 0.05) is 11.6 Å². The van der Waals surface area contributed by atoms with Crippen LogP contribution in [0, 0.1) is 10.1 Å². The standard InChI is InChI=1S/C25H23N3O8S/c1-5-36-24(31)20-13(2)26-25-27(21(20)14-9-10-17(34-3)18(11-14)35-4)23(30)19(37-25)12-15-7-6-8-16(22(15)29)28(32)33/h6-12,21,29H,5H2,1-4H3. The summed E-state index contributed by atoms with van der Waals surface area (Å²) >= 11 is 1.03. The van der Waals surface area contributed by atoms with Gasteiger partial charge in [-0.15, -0.1) is 0 Å². The van der Waals surface area contributed by atoms with Gasteiger partial charge in [0.15, 0.2) is 16.3 Å². The number of esters is 1. The number of benzene rings is 2. The number of nitrogens with zero attached hydrogens (tertiary/aromatic N) is 3. The Hall–Kier alpha value is -4.45. The van der Waals surface area contributed by atoms with Crippen LogP contribution >= 0.6 is 11.3 Å². The van der Waals surface area contributed by atoms with Gasteiger partial charge in [0.05, 0.1) is 47.6 Å². The van der Waals surface area contributed by atoms with Crippen molar-refractivity contribution in [2.45, 2.75) is 19.9 Å². The molecule has 37 heavy (non-hydrogen) atoms. The molecule has 1 N–H and O–H groups in total. The highest BCUT2D eigenvalue weighted by Crippen LogP contribution is 2.36. The molecule has 4 rings (SSSR count). The Kier molecular flexibility index (Phi) is 7.11. The molecule has 192 valence electrons. The van der Waals surface area contributed by atoms with Crippen LogP contribution in [0.1, 0.15) is 31.0 Å². The van der Waals surface area contributed by atoms with E-state index >= 15 is 0 Å². The smallest absolute Gasteiger partial charge is 0.338 e. The molecule has 0 aliphatic carbocycles. The molecular weight excluding hydrogens is 502 g/mol. The summed E-state index contributed by atoms with van der Waals surface area (Å²) in [7, 11) is 2.98. The minimum atomic E-state index is -0.893. The van der Waals surface area contributed by atoms with Crippen LogP contribution in [0.2, 0.25) is 0 Å². The molecule has 0 spiro atoms. The first-order valence-corrected chi connectivity index (χ1v) is 11.9. The highest BCUT2D eigenvalue weighted by molar-refractivity contribution is 7.07. The van der Waals surface area contributed by atoms with Crippen molar-refractivity contribution in [2.75, 3.05) is 20.8 Å². The number of phenolic OH excluding ortho intramolecular Hbond substituents is 1. The number of nitro groups is 1. The molecule has 0 bridgehead atoms. The highest BCUT2D eigenvalue weighted by atomic mass is 32.1. The van der Waals surface area contributed by atoms with E-state index in [1.807, 2.05) is 0 Å². The first kappa shape index (κ1) is 25.6. The van der Waals surface area contributed by atoms with Crippen LogP contribution in [0.3, 0.4) is 0 Å². The lowest BCUT2D eigenvalue weighted by Crippen LogP contribution is -2.40. The van der Waals surface area contributed by atoms with Crippen molar-refractivity contribution in [2.24, 2.45) is 4.99 Å². The van der Waals surface area contributed by atoms with E-state index in [1.165, 1.54) is 43.1 Å². The van der Waals surface area contributed by atoms with Crippen LogP contribution in [-0.2, 0) is 9.53 Å². The van der Waals surface area contributed by atoms with Gasteiger partial charge in [-0.2, -0.15) is 0 Å². The van der Waals surface area contributed by atoms with Crippen molar-refractivity contribution >= 4 is 29.1 Å². The number of carbonyl (C=O) groups excluding carboxylic acids is 1. The van der Waals surface area contributed by atoms with Crippen LogP contribution in [0.25, 0.3) is 6.08 Å². The molecular formula is C25H23N3O8S. The number of fused-ring (bicyclic) bond motifs is 1. The number of ether oxygens (including phenoxy) is 3. The van der Waals surface area contributed by atoms with Gasteiger partial charge in [-0.3, -0.25) is 19.5 Å². The monoisotopic (exact) mass is 525 g/mol. The maximum absolute atomic E-state index is 13.7. The molecule has 2 aromatic carbocycles. The Labute approximate surface area is 214 Å². The van der Waals surface area contributed by atoms with Gasteiger partial charge in [-0.05, 0) is 37.6 Å². The second-order valence-corrected chi connectivity index (χ2v) is 8.90. The molecule has 0 radical (unpaired) electrons. The average Bonchev–Trinajstić information content (AvgIpc) is 3.18. The molecule has 1 aliphatic rings. The summed E-state index contributed by atoms with van der Waals surface area (Å²) in [6.07, 6.45) is 1.36. The Morgan fingerprint density at radius 1 is 1.24 bits per heavy atom. The van der Waals surface area contributed by atoms with Crippen LogP contribution in [0.4, 0.5) is 5.69 Å². The Morgan fingerprint density at radius 2 is 1.97 bits per heavy atom. The molecule has 0 amide bonds. The summed E-state index contributed by atoms with van der Waals surface area (Å²) in [5, 5.41) is 21.6. The zero-order valence-electron chi connectivity index (χ0n) is 20.4. The van der Waals surface area contributed by atoms with Crippen molar-refractivity contribution in [1.82, 2.24) is 4.57 Å². The summed E-state index contributed by atoms with van der Waals surface area (Å²) in [6.45, 7) is 3.47. The zero-order chi connectivity index (χ0) is 26.9. The third kappa shape index (κ3) is 4.58. The van der Waals surface area contributed by atoms with Gasteiger partial charge in [0.25, 0.3) is 5.56 Å². The highest BCUT2D eigenvalue weighted by Gasteiger charge is 2.34. The average molecular weight is 526 g/mol. The van der Waals surface area contributed by atoms with Gasteiger partial charge in [0.1, 0.15) is 0 Å². The van der Waals surface area contributed by atoms with Crippen LogP contribution in [-0.4, -0.2) is 41.4 Å². The van der Waals surface area contributed by atoms with Gasteiger partial charge >= 0.3 is 11.7 Å². The fourth-order valence-corrected chi connectivity index (χ4v) is 5.12. The molecule has 0 saturated heterocycles. The topological polar surface area (TPSA) is 142 Å². The number of methoxy groups -OCH3 is 2. The van der Waals surface area contributed by atoms with Gasteiger partial charge in [-0.25, -0.2) is 9.79 Å². The molecule has 3 aromatic rings. The largest absolute Gasteiger partial charge is 0.502 e. The van der Waals surface area contributed by atoms with E-state index in [0.717, 1.165) is 11.3 Å². The fourth-order valence-electron chi connectivity index (χ4n) is 4.08. The van der Waals surface area contributed by atoms with Gasteiger partial charge < -0.3 is 19.3 Å². The minimum Gasteiger partial charge on any atom is -0.502 e. The number of hydrogen-bond acceptors (Lipinski definition) is 10. The predicted octanol–water partition coefficient (Wildman–Crippen LogP) is 2.43. The molecule has 1 unspecified atom stereocenters. The summed E-state index contributed by atoms with van der Waals surface area (Å²) in [5.41, 5.74) is 0.244. The molecule has 1 aromatic heterocycles. The first-order valence-electron chi connectivity index (χ1n) is 11.1. The SMILES string of the molecule is CCOC(=O)C1=C(C)N=c2sc(=Cc3cccc([N+](=O)[O-])c3O)c(=O)n2C1c1ccc(OC)c(OC)c1. The second kappa shape index (κ2) is 10.3. The van der Waals surface area contributed by atoms with E-state index in [-0.39, 0.29) is 22.3 Å². The van der Waals surface area contributed by atoms with Crippen LogP contribution < -0.4 is 24.4 Å². The number of rotatable bonds is 7. The van der Waals surface area contributed by atoms with Crippen molar-refractivity contribution in [1.29, 1.82) is 0 Å². The molecule has 0 fully saturated rings. The Morgan fingerprint density at radius 3 is 2.62 bits per heavy atom. The lowest BCUT2D eigenvalue weighted by Gasteiger charge is -2.25. The lowest BCUT2D eigenvalue weighted by atomic mass is 9.95. The first-order chi connectivity index (χ1) is 17.7. The quantitative estimate of drug-likeness (QED) is 0.282. The van der Waals surface area contributed by atoms with Crippen molar-refractivity contribution in [3.63, 3.8) is 0 Å². The Balaban J connectivity index is 1.99. The molecule has 12 heteroatoms. The number of carbonyl (C=O) groups is 1.